The van der Waals surface area contributed by atoms with Crippen LogP contribution < -0.4 is 10.6 Å². The zero-order valence-electron chi connectivity index (χ0n) is 11.4. The maximum absolute atomic E-state index is 11.3. The monoisotopic (exact) mass is 258 g/mol. The van der Waals surface area contributed by atoms with E-state index in [1.165, 1.54) is 37.7 Å². The van der Waals surface area contributed by atoms with Gasteiger partial charge in [-0.1, -0.05) is 25.0 Å². The molecule has 1 aromatic rings. The largest absolute Gasteiger partial charge is 0.326 e. The summed E-state index contributed by atoms with van der Waals surface area (Å²) >= 11 is 0. The molecule has 0 radical (unpaired) electrons. The average molecular weight is 258 g/mol. The van der Waals surface area contributed by atoms with E-state index in [0.717, 1.165) is 30.3 Å². The zero-order valence-corrected chi connectivity index (χ0v) is 11.4. The molecule has 19 heavy (non-hydrogen) atoms. The van der Waals surface area contributed by atoms with Crippen LogP contribution in [0.3, 0.4) is 0 Å². The molecule has 1 amide bonds. The van der Waals surface area contributed by atoms with Crippen molar-refractivity contribution < 1.29 is 4.79 Å². The number of rotatable bonds is 5. The molecule has 102 valence electrons. The third-order valence-electron chi connectivity index (χ3n) is 4.23. The van der Waals surface area contributed by atoms with Crippen molar-refractivity contribution in [3.05, 3.63) is 29.3 Å². The first kappa shape index (κ1) is 12.7. The number of anilines is 1. The summed E-state index contributed by atoms with van der Waals surface area (Å²) in [5.41, 5.74) is 3.51. The molecule has 3 heteroatoms. The molecule has 1 aliphatic carbocycles. The first-order valence-electron chi connectivity index (χ1n) is 7.46. The summed E-state index contributed by atoms with van der Waals surface area (Å²) in [7, 11) is 0. The van der Waals surface area contributed by atoms with Crippen molar-refractivity contribution in [3.63, 3.8) is 0 Å². The average Bonchev–Trinajstić information content (AvgIpc) is 3.02. The molecule has 1 aromatic carbocycles. The lowest BCUT2D eigenvalue weighted by molar-refractivity contribution is -0.115. The third kappa shape index (κ3) is 3.16. The van der Waals surface area contributed by atoms with Crippen molar-refractivity contribution in [2.45, 2.75) is 51.0 Å². The molecule has 1 heterocycles. The number of carbonyl (C=O) groups excluding carboxylic acids is 1. The van der Waals surface area contributed by atoms with E-state index in [1.54, 1.807) is 0 Å². The van der Waals surface area contributed by atoms with E-state index in [0.29, 0.717) is 6.42 Å². The van der Waals surface area contributed by atoms with Gasteiger partial charge in [-0.15, -0.1) is 0 Å². The highest BCUT2D eigenvalue weighted by molar-refractivity contribution is 5.99. The first-order chi connectivity index (χ1) is 9.31. The van der Waals surface area contributed by atoms with Crippen molar-refractivity contribution in [1.29, 1.82) is 0 Å². The first-order valence-corrected chi connectivity index (χ1v) is 7.46. The fraction of sp³-hybridized carbons (Fsp3) is 0.562. The van der Waals surface area contributed by atoms with Gasteiger partial charge in [0, 0.05) is 11.7 Å². The van der Waals surface area contributed by atoms with Gasteiger partial charge in [0.25, 0.3) is 0 Å². The molecule has 0 aromatic heterocycles. The van der Waals surface area contributed by atoms with Gasteiger partial charge < -0.3 is 10.6 Å². The van der Waals surface area contributed by atoms with Crippen LogP contribution in [-0.2, 0) is 17.6 Å². The van der Waals surface area contributed by atoms with E-state index in [1.807, 2.05) is 6.07 Å². The Morgan fingerprint density at radius 3 is 2.95 bits per heavy atom. The highest BCUT2D eigenvalue weighted by Gasteiger charge is 2.17. The highest BCUT2D eigenvalue weighted by Crippen LogP contribution is 2.24. The van der Waals surface area contributed by atoms with Crippen molar-refractivity contribution in [1.82, 2.24) is 5.32 Å². The van der Waals surface area contributed by atoms with Crippen molar-refractivity contribution in [3.8, 4) is 0 Å². The maximum Gasteiger partial charge on any atom is 0.228 e. The number of hydrogen-bond acceptors (Lipinski definition) is 2. The Morgan fingerprint density at radius 1 is 1.26 bits per heavy atom. The van der Waals surface area contributed by atoms with Gasteiger partial charge in [-0.2, -0.15) is 0 Å². The third-order valence-corrected chi connectivity index (χ3v) is 4.23. The van der Waals surface area contributed by atoms with E-state index >= 15 is 0 Å². The van der Waals surface area contributed by atoms with Crippen LogP contribution in [0.15, 0.2) is 18.2 Å². The maximum atomic E-state index is 11.3. The minimum atomic E-state index is 0.120. The second-order valence-corrected chi connectivity index (χ2v) is 5.76. The summed E-state index contributed by atoms with van der Waals surface area (Å²) in [6.07, 6.45) is 8.31. The van der Waals surface area contributed by atoms with E-state index < -0.39 is 0 Å². The molecule has 0 spiro atoms. The summed E-state index contributed by atoms with van der Waals surface area (Å²) in [5, 5.41) is 6.52. The quantitative estimate of drug-likeness (QED) is 0.797. The van der Waals surface area contributed by atoms with Crippen LogP contribution in [0.25, 0.3) is 0 Å². The Morgan fingerprint density at radius 2 is 2.11 bits per heavy atom. The van der Waals surface area contributed by atoms with Crippen LogP contribution in [0.5, 0.6) is 0 Å². The van der Waals surface area contributed by atoms with Crippen molar-refractivity contribution in [2.24, 2.45) is 0 Å². The van der Waals surface area contributed by atoms with Gasteiger partial charge in [0.2, 0.25) is 5.91 Å². The molecule has 0 saturated heterocycles. The van der Waals surface area contributed by atoms with E-state index in [4.69, 9.17) is 0 Å². The molecule has 0 bridgehead atoms. The van der Waals surface area contributed by atoms with Gasteiger partial charge >= 0.3 is 0 Å². The number of benzene rings is 1. The summed E-state index contributed by atoms with van der Waals surface area (Å²) in [4.78, 5) is 11.3. The van der Waals surface area contributed by atoms with E-state index in [2.05, 4.69) is 22.8 Å². The molecule has 1 fully saturated rings. The second-order valence-electron chi connectivity index (χ2n) is 5.76. The lowest BCUT2D eigenvalue weighted by atomic mass is 10.0. The SMILES string of the molecule is O=C1Cc2cc(CCCNC3CCCC3)ccc2N1. The molecule has 3 rings (SSSR count). The molecule has 0 atom stereocenters. The van der Waals surface area contributed by atoms with Gasteiger partial charge in [-0.25, -0.2) is 0 Å². The molecule has 1 saturated carbocycles. The van der Waals surface area contributed by atoms with Gasteiger partial charge in [0.05, 0.1) is 6.42 Å². The smallest absolute Gasteiger partial charge is 0.228 e. The number of aryl methyl sites for hydroxylation is 1. The number of fused-ring (bicyclic) bond motifs is 1. The summed E-state index contributed by atoms with van der Waals surface area (Å²) in [6.45, 7) is 1.11. The number of nitrogens with one attached hydrogen (secondary N) is 2. The molecule has 3 nitrogen and oxygen atoms in total. The minimum Gasteiger partial charge on any atom is -0.326 e. The second kappa shape index (κ2) is 5.74. The predicted octanol–water partition coefficient (Wildman–Crippen LogP) is 2.65. The Kier molecular flexibility index (Phi) is 3.83. The van der Waals surface area contributed by atoms with Crippen LogP contribution in [-0.4, -0.2) is 18.5 Å². The van der Waals surface area contributed by atoms with E-state index in [-0.39, 0.29) is 5.91 Å². The van der Waals surface area contributed by atoms with Gasteiger partial charge in [0.15, 0.2) is 0 Å². The Hall–Kier alpha value is -1.35. The molecule has 2 N–H and O–H groups in total. The summed E-state index contributed by atoms with van der Waals surface area (Å²) in [6, 6.07) is 7.13. The minimum absolute atomic E-state index is 0.120. The number of hydrogen-bond donors (Lipinski definition) is 2. The van der Waals surface area contributed by atoms with Gasteiger partial charge in [-0.05, 0) is 49.4 Å². The molecule has 1 aliphatic heterocycles. The van der Waals surface area contributed by atoms with Crippen molar-refractivity contribution in [2.75, 3.05) is 11.9 Å². The lowest BCUT2D eigenvalue weighted by Crippen LogP contribution is -2.27. The fourth-order valence-corrected chi connectivity index (χ4v) is 3.17. The van der Waals surface area contributed by atoms with Crippen LogP contribution >= 0.6 is 0 Å². The Bertz CT molecular complexity index is 464. The zero-order chi connectivity index (χ0) is 13.1. The normalized spacial score (nSPS) is 18.6. The summed E-state index contributed by atoms with van der Waals surface area (Å²) < 4.78 is 0. The van der Waals surface area contributed by atoms with E-state index in [9.17, 15) is 4.79 Å². The fourth-order valence-electron chi connectivity index (χ4n) is 3.17. The lowest BCUT2D eigenvalue weighted by Gasteiger charge is -2.11. The molecular weight excluding hydrogens is 236 g/mol. The van der Waals surface area contributed by atoms with Gasteiger partial charge in [0.1, 0.15) is 0 Å². The van der Waals surface area contributed by atoms with Gasteiger partial charge in [-0.3, -0.25) is 4.79 Å². The standard InChI is InChI=1S/C16H22N2O/c19-16-11-13-10-12(7-8-15(13)18-16)4-3-9-17-14-5-1-2-6-14/h7-8,10,14,17H,1-6,9,11H2,(H,18,19). The predicted molar refractivity (Wildman–Crippen MR) is 77.4 cm³/mol. The summed E-state index contributed by atoms with van der Waals surface area (Å²) in [5.74, 6) is 0.120. The molecule has 2 aliphatic rings. The van der Waals surface area contributed by atoms with Crippen LogP contribution in [0.1, 0.15) is 43.2 Å². The Balaban J connectivity index is 1.45. The topological polar surface area (TPSA) is 41.1 Å². The number of amides is 1. The highest BCUT2D eigenvalue weighted by atomic mass is 16.1. The Labute approximate surface area is 114 Å². The van der Waals surface area contributed by atoms with Crippen LogP contribution in [0.2, 0.25) is 0 Å². The van der Waals surface area contributed by atoms with Crippen molar-refractivity contribution >= 4 is 11.6 Å². The van der Waals surface area contributed by atoms with Crippen LogP contribution in [0, 0.1) is 0 Å². The molecule has 0 unspecified atom stereocenters. The molecular formula is C16H22N2O. The number of carbonyl (C=O) groups is 1. The van der Waals surface area contributed by atoms with Crippen LogP contribution in [0.4, 0.5) is 5.69 Å².